The lowest BCUT2D eigenvalue weighted by atomic mass is 9.94. The lowest BCUT2D eigenvalue weighted by Gasteiger charge is -2.33. The van der Waals surface area contributed by atoms with Crippen LogP contribution in [0, 0.1) is 5.82 Å². The second-order valence-electron chi connectivity index (χ2n) is 7.90. The van der Waals surface area contributed by atoms with Gasteiger partial charge < -0.3 is 5.32 Å². The summed E-state index contributed by atoms with van der Waals surface area (Å²) in [6.07, 6.45) is 9.40. The second-order valence-corrected chi connectivity index (χ2v) is 7.90. The normalized spacial score (nSPS) is 15.0. The van der Waals surface area contributed by atoms with Crippen molar-refractivity contribution in [3.63, 3.8) is 0 Å². The number of carbonyl (C=O) groups is 2. The van der Waals surface area contributed by atoms with E-state index in [9.17, 15) is 14.0 Å². The minimum atomic E-state index is -0.991. The number of benzene rings is 2. The van der Waals surface area contributed by atoms with Crippen LogP contribution in [0.4, 0.5) is 10.1 Å². The number of nitrogens with one attached hydrogen (secondary N) is 1. The Labute approximate surface area is 186 Å². The topological polar surface area (TPSA) is 75.2 Å². The zero-order chi connectivity index (χ0) is 22.3. The average molecular weight is 432 g/mol. The third-order valence-corrected chi connectivity index (χ3v) is 5.68. The van der Waals surface area contributed by atoms with E-state index in [1.165, 1.54) is 35.6 Å². The van der Waals surface area contributed by atoms with Gasteiger partial charge in [-0.05, 0) is 42.7 Å². The van der Waals surface area contributed by atoms with Gasteiger partial charge >= 0.3 is 0 Å². The van der Waals surface area contributed by atoms with Gasteiger partial charge in [0.05, 0.1) is 6.20 Å². The van der Waals surface area contributed by atoms with Crippen molar-refractivity contribution in [1.29, 1.82) is 0 Å². The first kappa shape index (κ1) is 21.6. The number of amides is 2. The molecule has 1 saturated carbocycles. The Morgan fingerprint density at radius 3 is 2.34 bits per heavy atom. The molecule has 1 fully saturated rings. The van der Waals surface area contributed by atoms with Gasteiger partial charge in [-0.15, -0.1) is 0 Å². The van der Waals surface area contributed by atoms with E-state index in [1.54, 1.807) is 36.4 Å². The molecule has 1 aliphatic carbocycles. The van der Waals surface area contributed by atoms with Crippen molar-refractivity contribution in [3.8, 4) is 0 Å². The Morgan fingerprint density at radius 2 is 1.69 bits per heavy atom. The molecule has 0 radical (unpaired) electrons. The predicted octanol–water partition coefficient (Wildman–Crippen LogP) is 4.45. The molecule has 32 heavy (non-hydrogen) atoms. The molecule has 0 unspecified atom stereocenters. The van der Waals surface area contributed by atoms with Crippen molar-refractivity contribution in [1.82, 2.24) is 15.3 Å². The molecule has 6 nitrogen and oxygen atoms in total. The Morgan fingerprint density at radius 1 is 0.969 bits per heavy atom. The quantitative estimate of drug-likeness (QED) is 0.624. The van der Waals surface area contributed by atoms with Gasteiger partial charge in [0.2, 0.25) is 5.91 Å². The Hall–Kier alpha value is -3.61. The first-order valence-corrected chi connectivity index (χ1v) is 10.8. The Balaban J connectivity index is 1.77. The molecule has 2 amide bonds. The Kier molecular flexibility index (Phi) is 6.84. The minimum Gasteiger partial charge on any atom is -0.351 e. The largest absolute Gasteiger partial charge is 0.351 e. The Bertz CT molecular complexity index is 1040. The highest BCUT2D eigenvalue weighted by atomic mass is 19.1. The highest BCUT2D eigenvalue weighted by Gasteiger charge is 2.35. The lowest BCUT2D eigenvalue weighted by Crippen LogP contribution is -2.47. The summed E-state index contributed by atoms with van der Waals surface area (Å²) < 4.78 is 13.7. The number of aromatic nitrogens is 2. The van der Waals surface area contributed by atoms with Crippen molar-refractivity contribution in [2.75, 3.05) is 4.90 Å². The summed E-state index contributed by atoms with van der Waals surface area (Å²) in [5.41, 5.74) is 1.17. The summed E-state index contributed by atoms with van der Waals surface area (Å²) in [4.78, 5) is 36.8. The number of carbonyl (C=O) groups excluding carboxylic acids is 2. The molecule has 0 bridgehead atoms. The number of hydrogen-bond donors (Lipinski definition) is 1. The maximum atomic E-state index is 13.7. The minimum absolute atomic E-state index is 0.0587. The third kappa shape index (κ3) is 4.99. The maximum absolute atomic E-state index is 13.7. The van der Waals surface area contributed by atoms with Crippen LogP contribution in [0.15, 0.2) is 73.2 Å². The van der Waals surface area contributed by atoms with Gasteiger partial charge in [0.1, 0.15) is 17.6 Å². The molecule has 4 rings (SSSR count). The van der Waals surface area contributed by atoms with Crippen LogP contribution in [-0.4, -0.2) is 27.8 Å². The first-order chi connectivity index (χ1) is 15.6. The summed E-state index contributed by atoms with van der Waals surface area (Å²) in [5.74, 6) is -1.17. The summed E-state index contributed by atoms with van der Waals surface area (Å²) in [7, 11) is 0. The molecular weight excluding hydrogens is 407 g/mol. The second kappa shape index (κ2) is 10.1. The summed E-state index contributed by atoms with van der Waals surface area (Å²) >= 11 is 0. The molecule has 164 valence electrons. The van der Waals surface area contributed by atoms with Crippen molar-refractivity contribution in [3.05, 3.63) is 90.3 Å². The summed E-state index contributed by atoms with van der Waals surface area (Å²) in [6.45, 7) is 0. The SMILES string of the molecule is O=C(NC1CCCCC1)[C@H](c1ccc(F)cc1)N(C(=O)c1cnccn1)c1ccccc1. The van der Waals surface area contributed by atoms with Gasteiger partial charge in [0, 0.05) is 24.1 Å². The van der Waals surface area contributed by atoms with Crippen molar-refractivity contribution in [2.24, 2.45) is 0 Å². The van der Waals surface area contributed by atoms with E-state index in [1.807, 2.05) is 6.07 Å². The molecule has 2 aromatic carbocycles. The van der Waals surface area contributed by atoms with Gasteiger partial charge in [-0.2, -0.15) is 0 Å². The highest BCUT2D eigenvalue weighted by molar-refractivity contribution is 6.09. The van der Waals surface area contributed by atoms with Crippen molar-refractivity contribution in [2.45, 2.75) is 44.2 Å². The molecule has 0 saturated heterocycles. The molecule has 1 N–H and O–H groups in total. The fourth-order valence-electron chi connectivity index (χ4n) is 4.09. The van der Waals surface area contributed by atoms with Gasteiger partial charge in [-0.3, -0.25) is 19.5 Å². The van der Waals surface area contributed by atoms with Crippen LogP contribution in [0.1, 0.15) is 54.2 Å². The van der Waals surface area contributed by atoms with Crippen molar-refractivity contribution < 1.29 is 14.0 Å². The van der Waals surface area contributed by atoms with E-state index in [4.69, 9.17) is 0 Å². The van der Waals surface area contributed by atoms with E-state index < -0.39 is 17.8 Å². The molecule has 0 spiro atoms. The van der Waals surface area contributed by atoms with Gasteiger partial charge in [0.25, 0.3) is 5.91 Å². The van der Waals surface area contributed by atoms with Crippen molar-refractivity contribution >= 4 is 17.5 Å². The van der Waals surface area contributed by atoms with Crippen LogP contribution >= 0.6 is 0 Å². The molecule has 1 aliphatic rings. The fourth-order valence-corrected chi connectivity index (χ4v) is 4.09. The zero-order valence-corrected chi connectivity index (χ0v) is 17.7. The number of anilines is 1. The van der Waals surface area contributed by atoms with Crippen LogP contribution in [0.25, 0.3) is 0 Å². The lowest BCUT2D eigenvalue weighted by molar-refractivity contribution is -0.123. The fraction of sp³-hybridized carbons (Fsp3) is 0.280. The van der Waals surface area contributed by atoms with E-state index in [0.717, 1.165) is 32.1 Å². The molecule has 1 atom stereocenters. The maximum Gasteiger partial charge on any atom is 0.279 e. The number of rotatable bonds is 6. The summed E-state index contributed by atoms with van der Waals surface area (Å²) in [5, 5.41) is 3.13. The number of halogens is 1. The van der Waals surface area contributed by atoms with E-state index in [2.05, 4.69) is 15.3 Å². The monoisotopic (exact) mass is 432 g/mol. The van der Waals surface area contributed by atoms with Crippen LogP contribution in [0.2, 0.25) is 0 Å². The van der Waals surface area contributed by atoms with E-state index in [-0.39, 0.29) is 17.6 Å². The number of hydrogen-bond acceptors (Lipinski definition) is 4. The van der Waals surface area contributed by atoms with E-state index in [0.29, 0.717) is 11.3 Å². The third-order valence-electron chi connectivity index (χ3n) is 5.68. The van der Waals surface area contributed by atoms with Gasteiger partial charge in [-0.25, -0.2) is 9.37 Å². The molecule has 1 aromatic heterocycles. The molecular formula is C25H25FN4O2. The smallest absolute Gasteiger partial charge is 0.279 e. The zero-order valence-electron chi connectivity index (χ0n) is 17.7. The average Bonchev–Trinajstić information content (AvgIpc) is 2.84. The molecule has 7 heteroatoms. The van der Waals surface area contributed by atoms with Gasteiger partial charge in [-0.1, -0.05) is 49.6 Å². The van der Waals surface area contributed by atoms with Crippen LogP contribution in [0.3, 0.4) is 0 Å². The summed E-state index contributed by atoms with van der Waals surface area (Å²) in [6, 6.07) is 13.7. The number of nitrogens with zero attached hydrogens (tertiary/aromatic N) is 3. The first-order valence-electron chi connectivity index (χ1n) is 10.8. The molecule has 1 heterocycles. The highest BCUT2D eigenvalue weighted by Crippen LogP contribution is 2.30. The molecule has 0 aliphatic heterocycles. The van der Waals surface area contributed by atoms with Crippen LogP contribution < -0.4 is 10.2 Å². The van der Waals surface area contributed by atoms with Crippen LogP contribution in [-0.2, 0) is 4.79 Å². The molecule has 3 aromatic rings. The predicted molar refractivity (Wildman–Crippen MR) is 119 cm³/mol. The number of para-hydroxylation sites is 1. The standard InChI is InChI=1S/C25H25FN4O2/c26-19-13-11-18(12-14-19)23(24(31)29-20-7-3-1-4-8-20)30(21-9-5-2-6-10-21)25(32)22-17-27-15-16-28-22/h2,5-6,9-17,20,23H,1,3-4,7-8H2,(H,29,31)/t23-/m0/s1. The van der Waals surface area contributed by atoms with Gasteiger partial charge in [0.15, 0.2) is 0 Å². The van der Waals surface area contributed by atoms with Crippen LogP contribution in [0.5, 0.6) is 0 Å². The van der Waals surface area contributed by atoms with E-state index >= 15 is 0 Å².